The zero-order chi connectivity index (χ0) is 20.1. The van der Waals surface area contributed by atoms with Gasteiger partial charge in [-0.05, 0) is 31.0 Å². The Balaban J connectivity index is 1.37. The van der Waals surface area contributed by atoms with Crippen molar-refractivity contribution in [3.63, 3.8) is 0 Å². The van der Waals surface area contributed by atoms with Crippen LogP contribution in [0.5, 0.6) is 0 Å². The van der Waals surface area contributed by atoms with E-state index in [1.807, 2.05) is 13.0 Å². The number of rotatable bonds is 5. The van der Waals surface area contributed by atoms with Crippen molar-refractivity contribution in [2.24, 2.45) is 0 Å². The van der Waals surface area contributed by atoms with E-state index in [-0.39, 0.29) is 6.03 Å². The molecule has 1 aromatic heterocycles. The molecule has 2 heterocycles. The van der Waals surface area contributed by atoms with Crippen LogP contribution in [0.4, 0.5) is 18.0 Å². The number of amides is 2. The Hall–Kier alpha value is -2.55. The normalized spacial score (nSPS) is 15.6. The highest BCUT2D eigenvalue weighted by atomic mass is 19.4. The van der Waals surface area contributed by atoms with Crippen LogP contribution in [-0.2, 0) is 19.1 Å². The number of urea groups is 1. The lowest BCUT2D eigenvalue weighted by molar-refractivity contribution is -0.137. The average molecular weight is 396 g/mol. The van der Waals surface area contributed by atoms with Crippen molar-refractivity contribution in [2.75, 3.05) is 32.7 Å². The van der Waals surface area contributed by atoms with Crippen LogP contribution in [0.3, 0.4) is 0 Å². The number of halogens is 3. The lowest BCUT2D eigenvalue weighted by Gasteiger charge is -2.34. The van der Waals surface area contributed by atoms with Gasteiger partial charge in [-0.3, -0.25) is 4.90 Å². The molecular weight excluding hydrogens is 373 g/mol. The predicted molar refractivity (Wildman–Crippen MR) is 96.6 cm³/mol. The van der Waals surface area contributed by atoms with E-state index in [0.717, 1.165) is 42.2 Å². The smallest absolute Gasteiger partial charge is 0.360 e. The molecule has 3 rings (SSSR count). The highest BCUT2D eigenvalue weighted by Crippen LogP contribution is 2.29. The number of piperazine rings is 1. The molecule has 0 saturated carbocycles. The Morgan fingerprint density at radius 2 is 1.86 bits per heavy atom. The van der Waals surface area contributed by atoms with Crippen LogP contribution < -0.4 is 5.32 Å². The zero-order valence-electron chi connectivity index (χ0n) is 15.6. The molecule has 9 heteroatoms. The topological polar surface area (TPSA) is 61.6 Å². The van der Waals surface area contributed by atoms with Gasteiger partial charge in [-0.1, -0.05) is 17.3 Å². The summed E-state index contributed by atoms with van der Waals surface area (Å²) < 4.78 is 42.9. The molecule has 0 unspecified atom stereocenters. The molecule has 1 saturated heterocycles. The van der Waals surface area contributed by atoms with E-state index >= 15 is 0 Å². The third-order valence-electron chi connectivity index (χ3n) is 4.69. The van der Waals surface area contributed by atoms with Crippen molar-refractivity contribution in [2.45, 2.75) is 26.1 Å². The molecule has 2 amide bonds. The van der Waals surface area contributed by atoms with E-state index in [1.165, 1.54) is 12.1 Å². The van der Waals surface area contributed by atoms with Crippen molar-refractivity contribution in [3.05, 3.63) is 52.9 Å². The monoisotopic (exact) mass is 396 g/mol. The molecule has 28 heavy (non-hydrogen) atoms. The fourth-order valence-electron chi connectivity index (χ4n) is 3.11. The van der Waals surface area contributed by atoms with Crippen LogP contribution in [0, 0.1) is 6.92 Å². The largest absolute Gasteiger partial charge is 0.416 e. The number of hydrogen-bond donors (Lipinski definition) is 1. The number of carbonyl (C=O) groups excluding carboxylic acids is 1. The van der Waals surface area contributed by atoms with Crippen LogP contribution in [-0.4, -0.2) is 53.7 Å². The molecule has 0 aliphatic carbocycles. The third-order valence-corrected chi connectivity index (χ3v) is 4.69. The van der Waals surface area contributed by atoms with Crippen LogP contribution >= 0.6 is 0 Å². The van der Waals surface area contributed by atoms with Crippen molar-refractivity contribution >= 4 is 6.03 Å². The van der Waals surface area contributed by atoms with E-state index in [4.69, 9.17) is 4.52 Å². The van der Waals surface area contributed by atoms with Gasteiger partial charge in [0.25, 0.3) is 0 Å². The van der Waals surface area contributed by atoms with Crippen molar-refractivity contribution < 1.29 is 22.5 Å². The first kappa shape index (κ1) is 20.2. The molecule has 1 aliphatic heterocycles. The SMILES string of the molecule is Cc1cc(CN2CCN(C(=O)NCCc3ccc(C(F)(F)F)cc3)CC2)on1. The molecule has 0 spiro atoms. The second-order valence-corrected chi connectivity index (χ2v) is 6.87. The minimum absolute atomic E-state index is 0.151. The Morgan fingerprint density at radius 1 is 1.18 bits per heavy atom. The van der Waals surface area contributed by atoms with Crippen LogP contribution in [0.25, 0.3) is 0 Å². The lowest BCUT2D eigenvalue weighted by atomic mass is 10.1. The summed E-state index contributed by atoms with van der Waals surface area (Å²) in [5, 5.41) is 6.70. The zero-order valence-corrected chi connectivity index (χ0v) is 15.6. The molecule has 6 nitrogen and oxygen atoms in total. The highest BCUT2D eigenvalue weighted by molar-refractivity contribution is 5.74. The molecule has 152 valence electrons. The van der Waals surface area contributed by atoms with Crippen molar-refractivity contribution in [1.29, 1.82) is 0 Å². The Kier molecular flexibility index (Phi) is 6.23. The molecule has 0 radical (unpaired) electrons. The molecule has 0 bridgehead atoms. The summed E-state index contributed by atoms with van der Waals surface area (Å²) in [4.78, 5) is 16.2. The van der Waals surface area contributed by atoms with E-state index < -0.39 is 11.7 Å². The highest BCUT2D eigenvalue weighted by Gasteiger charge is 2.29. The number of aryl methyl sites for hydroxylation is 1. The summed E-state index contributed by atoms with van der Waals surface area (Å²) in [6.07, 6.45) is -3.85. The van der Waals surface area contributed by atoms with Gasteiger partial charge in [0, 0.05) is 38.8 Å². The number of aromatic nitrogens is 1. The second kappa shape index (κ2) is 8.64. The van der Waals surface area contributed by atoms with Gasteiger partial charge in [-0.2, -0.15) is 13.2 Å². The number of carbonyl (C=O) groups is 1. The van der Waals surface area contributed by atoms with Gasteiger partial charge >= 0.3 is 12.2 Å². The number of benzene rings is 1. The quantitative estimate of drug-likeness (QED) is 0.844. The Bertz CT molecular complexity index is 781. The molecule has 2 aromatic rings. The minimum atomic E-state index is -4.33. The molecule has 0 atom stereocenters. The first-order valence-electron chi connectivity index (χ1n) is 9.15. The maximum absolute atomic E-state index is 12.6. The molecular formula is C19H23F3N4O2. The summed E-state index contributed by atoms with van der Waals surface area (Å²) in [5.41, 5.74) is 0.931. The molecule has 1 fully saturated rings. The first-order valence-corrected chi connectivity index (χ1v) is 9.15. The van der Waals surface area contributed by atoms with E-state index in [1.54, 1.807) is 4.90 Å². The molecule has 1 aliphatic rings. The maximum Gasteiger partial charge on any atom is 0.416 e. The van der Waals surface area contributed by atoms with Crippen LogP contribution in [0.2, 0.25) is 0 Å². The Morgan fingerprint density at radius 3 is 2.43 bits per heavy atom. The number of alkyl halides is 3. The van der Waals surface area contributed by atoms with E-state index in [0.29, 0.717) is 32.6 Å². The van der Waals surface area contributed by atoms with Crippen molar-refractivity contribution in [1.82, 2.24) is 20.3 Å². The van der Waals surface area contributed by atoms with E-state index in [2.05, 4.69) is 15.4 Å². The summed E-state index contributed by atoms with van der Waals surface area (Å²) >= 11 is 0. The number of nitrogens with zero attached hydrogens (tertiary/aromatic N) is 3. The van der Waals surface area contributed by atoms with Gasteiger partial charge in [-0.25, -0.2) is 4.79 Å². The van der Waals surface area contributed by atoms with Crippen LogP contribution in [0.15, 0.2) is 34.9 Å². The fraction of sp³-hybridized carbons (Fsp3) is 0.474. The van der Waals surface area contributed by atoms with Gasteiger partial charge in [0.1, 0.15) is 0 Å². The maximum atomic E-state index is 12.6. The van der Waals surface area contributed by atoms with Gasteiger partial charge in [0.15, 0.2) is 5.76 Å². The fourth-order valence-corrected chi connectivity index (χ4v) is 3.11. The predicted octanol–water partition coefficient (Wildman–Crippen LogP) is 3.07. The van der Waals surface area contributed by atoms with E-state index in [9.17, 15) is 18.0 Å². The summed E-state index contributed by atoms with van der Waals surface area (Å²) in [5.74, 6) is 0.812. The third kappa shape index (κ3) is 5.48. The van der Waals surface area contributed by atoms with Gasteiger partial charge in [-0.15, -0.1) is 0 Å². The van der Waals surface area contributed by atoms with Gasteiger partial charge < -0.3 is 14.7 Å². The summed E-state index contributed by atoms with van der Waals surface area (Å²) in [6.45, 7) is 5.63. The summed E-state index contributed by atoms with van der Waals surface area (Å²) in [7, 11) is 0. The van der Waals surface area contributed by atoms with Crippen LogP contribution in [0.1, 0.15) is 22.6 Å². The summed E-state index contributed by atoms with van der Waals surface area (Å²) in [6, 6.07) is 6.76. The Labute approximate surface area is 161 Å². The number of hydrogen-bond acceptors (Lipinski definition) is 4. The standard InChI is InChI=1S/C19H23F3N4O2/c1-14-12-17(28-24-14)13-25-8-10-26(11-9-25)18(27)23-7-6-15-2-4-16(5-3-15)19(20,21)22/h2-5,12H,6-11,13H2,1H3,(H,23,27). The lowest BCUT2D eigenvalue weighted by Crippen LogP contribution is -2.51. The first-order chi connectivity index (χ1) is 13.3. The van der Waals surface area contributed by atoms with Crippen molar-refractivity contribution in [3.8, 4) is 0 Å². The average Bonchev–Trinajstić information content (AvgIpc) is 3.06. The van der Waals surface area contributed by atoms with Gasteiger partial charge in [0.2, 0.25) is 0 Å². The molecule has 1 N–H and O–H groups in total. The number of nitrogens with one attached hydrogen (secondary N) is 1. The molecule has 1 aromatic carbocycles. The van der Waals surface area contributed by atoms with Gasteiger partial charge in [0.05, 0.1) is 17.8 Å². The minimum Gasteiger partial charge on any atom is -0.360 e. The second-order valence-electron chi connectivity index (χ2n) is 6.87.